The topological polar surface area (TPSA) is 29.5 Å². The molecule has 1 aliphatic rings. The molecule has 0 spiro atoms. The van der Waals surface area contributed by atoms with Crippen molar-refractivity contribution >= 4 is 0 Å². The highest BCUT2D eigenvalue weighted by Gasteiger charge is 2.41. The third kappa shape index (κ3) is 2.35. The summed E-state index contributed by atoms with van der Waals surface area (Å²) >= 11 is 0. The Morgan fingerprint density at radius 3 is 2.33 bits per heavy atom. The SMILES string of the molecule is OC[C@H]1CC[C@@H](C(F)(F)F)CO1. The Balaban J connectivity index is 2.36. The highest BCUT2D eigenvalue weighted by atomic mass is 19.4. The molecule has 12 heavy (non-hydrogen) atoms. The highest BCUT2D eigenvalue weighted by molar-refractivity contribution is 4.74. The Morgan fingerprint density at radius 2 is 2.00 bits per heavy atom. The van der Waals surface area contributed by atoms with E-state index in [4.69, 9.17) is 9.84 Å². The third-order valence-electron chi connectivity index (χ3n) is 2.04. The second-order valence-electron chi connectivity index (χ2n) is 2.95. The van der Waals surface area contributed by atoms with Crippen molar-refractivity contribution in [1.29, 1.82) is 0 Å². The summed E-state index contributed by atoms with van der Waals surface area (Å²) in [5, 5.41) is 8.57. The van der Waals surface area contributed by atoms with Gasteiger partial charge in [-0.2, -0.15) is 13.2 Å². The molecule has 1 N–H and O–H groups in total. The van der Waals surface area contributed by atoms with Crippen molar-refractivity contribution in [2.24, 2.45) is 5.92 Å². The molecule has 2 atom stereocenters. The minimum atomic E-state index is -4.15. The predicted octanol–water partition coefficient (Wildman–Crippen LogP) is 1.34. The molecule has 0 bridgehead atoms. The van der Waals surface area contributed by atoms with Crippen LogP contribution in [0.3, 0.4) is 0 Å². The molecule has 0 radical (unpaired) electrons. The highest BCUT2D eigenvalue weighted by Crippen LogP contribution is 2.33. The molecule has 0 aromatic heterocycles. The molecule has 72 valence electrons. The summed E-state index contributed by atoms with van der Waals surface area (Å²) < 4.78 is 40.9. The van der Waals surface area contributed by atoms with Crippen LogP contribution in [0.1, 0.15) is 12.8 Å². The van der Waals surface area contributed by atoms with E-state index in [1.54, 1.807) is 0 Å². The Morgan fingerprint density at radius 1 is 1.33 bits per heavy atom. The third-order valence-corrected chi connectivity index (χ3v) is 2.04. The number of ether oxygens (including phenoxy) is 1. The van der Waals surface area contributed by atoms with Crippen molar-refractivity contribution < 1.29 is 23.0 Å². The fourth-order valence-corrected chi connectivity index (χ4v) is 1.21. The van der Waals surface area contributed by atoms with Gasteiger partial charge in [0.2, 0.25) is 0 Å². The zero-order valence-corrected chi connectivity index (χ0v) is 6.47. The number of hydrogen-bond donors (Lipinski definition) is 1. The van der Waals surface area contributed by atoms with Gasteiger partial charge in [-0.25, -0.2) is 0 Å². The van der Waals surface area contributed by atoms with Gasteiger partial charge in [0.05, 0.1) is 25.2 Å². The molecule has 0 aromatic rings. The fraction of sp³-hybridized carbons (Fsp3) is 1.00. The van der Waals surface area contributed by atoms with Crippen LogP contribution in [0, 0.1) is 5.92 Å². The van der Waals surface area contributed by atoms with Crippen molar-refractivity contribution in [2.75, 3.05) is 13.2 Å². The minimum Gasteiger partial charge on any atom is -0.394 e. The predicted molar refractivity (Wildman–Crippen MR) is 35.6 cm³/mol. The maximum Gasteiger partial charge on any atom is 0.394 e. The first kappa shape index (κ1) is 9.80. The molecule has 2 nitrogen and oxygen atoms in total. The summed E-state index contributed by atoms with van der Waals surface area (Å²) in [6, 6.07) is 0. The zero-order chi connectivity index (χ0) is 9.19. The van der Waals surface area contributed by atoms with Crippen LogP contribution in [0.2, 0.25) is 0 Å². The average molecular weight is 184 g/mol. The van der Waals surface area contributed by atoms with Crippen molar-refractivity contribution in [2.45, 2.75) is 25.1 Å². The molecule has 5 heteroatoms. The van der Waals surface area contributed by atoms with Gasteiger partial charge in [0.15, 0.2) is 0 Å². The van der Waals surface area contributed by atoms with E-state index in [0.29, 0.717) is 6.42 Å². The molecule has 1 rings (SSSR count). The fourth-order valence-electron chi connectivity index (χ4n) is 1.21. The number of hydrogen-bond acceptors (Lipinski definition) is 2. The molecular formula is C7H11F3O2. The van der Waals surface area contributed by atoms with Gasteiger partial charge in [-0.05, 0) is 12.8 Å². The van der Waals surface area contributed by atoms with Crippen LogP contribution < -0.4 is 0 Å². The second kappa shape index (κ2) is 3.62. The number of alkyl halides is 3. The molecule has 0 amide bonds. The van der Waals surface area contributed by atoms with E-state index in [9.17, 15) is 13.2 Å². The number of aliphatic hydroxyl groups is 1. The van der Waals surface area contributed by atoms with Crippen LogP contribution in [0.15, 0.2) is 0 Å². The Labute approximate surface area is 68.3 Å². The molecule has 1 saturated heterocycles. The molecular weight excluding hydrogens is 173 g/mol. The van der Waals surface area contributed by atoms with E-state index in [0.717, 1.165) is 0 Å². The van der Waals surface area contributed by atoms with Crippen LogP contribution in [-0.4, -0.2) is 30.6 Å². The number of halogens is 3. The number of rotatable bonds is 1. The minimum absolute atomic E-state index is 0.0642. The summed E-state index contributed by atoms with van der Waals surface area (Å²) in [5.74, 6) is -1.35. The summed E-state index contributed by atoms with van der Waals surface area (Å²) in [5.41, 5.74) is 0. The lowest BCUT2D eigenvalue weighted by molar-refractivity contribution is -0.210. The van der Waals surface area contributed by atoms with Crippen LogP contribution in [0.4, 0.5) is 13.2 Å². The Hall–Kier alpha value is -0.290. The molecule has 0 aromatic carbocycles. The van der Waals surface area contributed by atoms with Crippen molar-refractivity contribution in [3.63, 3.8) is 0 Å². The quantitative estimate of drug-likeness (QED) is 0.666. The lowest BCUT2D eigenvalue weighted by atomic mass is 9.98. The molecule has 0 saturated carbocycles. The van der Waals surface area contributed by atoms with E-state index in [2.05, 4.69) is 0 Å². The van der Waals surface area contributed by atoms with Crippen LogP contribution in [0.25, 0.3) is 0 Å². The monoisotopic (exact) mass is 184 g/mol. The Bertz CT molecular complexity index is 138. The Kier molecular flexibility index (Phi) is 2.95. The van der Waals surface area contributed by atoms with Crippen LogP contribution in [0.5, 0.6) is 0 Å². The van der Waals surface area contributed by atoms with E-state index < -0.39 is 18.2 Å². The van der Waals surface area contributed by atoms with Gasteiger partial charge in [0.1, 0.15) is 0 Å². The smallest absolute Gasteiger partial charge is 0.394 e. The normalized spacial score (nSPS) is 32.0. The van der Waals surface area contributed by atoms with Gasteiger partial charge in [0.25, 0.3) is 0 Å². The molecule has 0 aliphatic carbocycles. The lowest BCUT2D eigenvalue weighted by Crippen LogP contribution is -2.36. The zero-order valence-electron chi connectivity index (χ0n) is 6.47. The first-order valence-electron chi connectivity index (χ1n) is 3.83. The van der Waals surface area contributed by atoms with Crippen molar-refractivity contribution in [1.82, 2.24) is 0 Å². The molecule has 1 heterocycles. The molecule has 1 fully saturated rings. The van der Waals surface area contributed by atoms with Gasteiger partial charge < -0.3 is 9.84 Å². The van der Waals surface area contributed by atoms with Gasteiger partial charge >= 0.3 is 6.18 Å². The van der Waals surface area contributed by atoms with Crippen molar-refractivity contribution in [3.8, 4) is 0 Å². The molecule has 0 unspecified atom stereocenters. The summed E-state index contributed by atoms with van der Waals surface area (Å²) in [4.78, 5) is 0. The summed E-state index contributed by atoms with van der Waals surface area (Å²) in [7, 11) is 0. The first-order valence-corrected chi connectivity index (χ1v) is 3.83. The largest absolute Gasteiger partial charge is 0.394 e. The molecule has 1 aliphatic heterocycles. The van der Waals surface area contributed by atoms with Crippen LogP contribution >= 0.6 is 0 Å². The van der Waals surface area contributed by atoms with Gasteiger partial charge in [-0.15, -0.1) is 0 Å². The van der Waals surface area contributed by atoms with E-state index >= 15 is 0 Å². The van der Waals surface area contributed by atoms with E-state index in [1.807, 2.05) is 0 Å². The van der Waals surface area contributed by atoms with Gasteiger partial charge in [-0.3, -0.25) is 0 Å². The first-order chi connectivity index (χ1) is 5.54. The maximum atomic E-state index is 12.0. The van der Waals surface area contributed by atoms with Crippen molar-refractivity contribution in [3.05, 3.63) is 0 Å². The van der Waals surface area contributed by atoms with E-state index in [1.165, 1.54) is 0 Å². The standard InChI is InChI=1S/C7H11F3O2/c8-7(9,10)5-1-2-6(3-11)12-4-5/h5-6,11H,1-4H2/t5-,6-/m1/s1. The maximum absolute atomic E-state index is 12.0. The van der Waals surface area contributed by atoms with E-state index in [-0.39, 0.29) is 19.6 Å². The second-order valence-corrected chi connectivity index (χ2v) is 2.95. The lowest BCUT2D eigenvalue weighted by Gasteiger charge is -2.29. The summed E-state index contributed by atoms with van der Waals surface area (Å²) in [6.45, 7) is -0.501. The van der Waals surface area contributed by atoms with Gasteiger partial charge in [0, 0.05) is 0 Å². The van der Waals surface area contributed by atoms with Gasteiger partial charge in [-0.1, -0.05) is 0 Å². The number of aliphatic hydroxyl groups excluding tert-OH is 1. The average Bonchev–Trinajstić information content (AvgIpc) is 2.03. The van der Waals surface area contributed by atoms with Crippen LogP contribution in [-0.2, 0) is 4.74 Å². The summed E-state index contributed by atoms with van der Waals surface area (Å²) in [6.07, 6.45) is -4.20.